The fourth-order valence-electron chi connectivity index (χ4n) is 3.66. The van der Waals surface area contributed by atoms with Crippen LogP contribution in [0.15, 0.2) is 12.3 Å². The lowest BCUT2D eigenvalue weighted by Gasteiger charge is -2.41. The summed E-state index contributed by atoms with van der Waals surface area (Å²) in [6, 6.07) is 2.83. The van der Waals surface area contributed by atoms with Crippen LogP contribution in [0.25, 0.3) is 0 Å². The molecule has 5 nitrogen and oxygen atoms in total. The second-order valence-electron chi connectivity index (χ2n) is 6.45. The van der Waals surface area contributed by atoms with Crippen LogP contribution < -0.4 is 0 Å². The van der Waals surface area contributed by atoms with Crippen LogP contribution in [0, 0.1) is 5.92 Å². The van der Waals surface area contributed by atoms with E-state index in [0.29, 0.717) is 6.04 Å². The molecule has 0 radical (unpaired) electrons. The minimum Gasteiger partial charge on any atom is -0.379 e. The Balaban J connectivity index is 1.47. The van der Waals surface area contributed by atoms with Crippen LogP contribution in [0.3, 0.4) is 0 Å². The Labute approximate surface area is 127 Å². The number of piperidine rings is 1. The monoisotopic (exact) mass is 292 g/mol. The highest BCUT2D eigenvalue weighted by Crippen LogP contribution is 2.25. The van der Waals surface area contributed by atoms with Gasteiger partial charge in [-0.2, -0.15) is 5.10 Å². The van der Waals surface area contributed by atoms with Crippen molar-refractivity contribution in [3.8, 4) is 0 Å². The Hall–Kier alpha value is -0.910. The number of nitrogens with zero attached hydrogens (tertiary/aromatic N) is 4. The molecule has 0 saturated carbocycles. The predicted octanol–water partition coefficient (Wildman–Crippen LogP) is 1.35. The Morgan fingerprint density at radius 2 is 1.95 bits per heavy atom. The number of morpholine rings is 1. The summed E-state index contributed by atoms with van der Waals surface area (Å²) in [4.78, 5) is 5.19. The highest BCUT2D eigenvalue weighted by atomic mass is 16.5. The summed E-state index contributed by atoms with van der Waals surface area (Å²) < 4.78 is 7.45. The number of ether oxygens (including phenoxy) is 1. The first kappa shape index (κ1) is 15.0. The van der Waals surface area contributed by atoms with Gasteiger partial charge < -0.3 is 4.74 Å². The summed E-state index contributed by atoms with van der Waals surface area (Å²) in [6.45, 7) is 9.90. The molecule has 0 spiro atoms. The molecule has 0 amide bonds. The van der Waals surface area contributed by atoms with Crippen molar-refractivity contribution in [2.24, 2.45) is 13.0 Å². The van der Waals surface area contributed by atoms with Gasteiger partial charge in [-0.25, -0.2) is 0 Å². The van der Waals surface area contributed by atoms with Gasteiger partial charge in [0.2, 0.25) is 0 Å². The van der Waals surface area contributed by atoms with Gasteiger partial charge in [0.05, 0.1) is 18.9 Å². The molecule has 118 valence electrons. The third-order valence-electron chi connectivity index (χ3n) is 5.24. The number of hydrogen-bond donors (Lipinski definition) is 0. The zero-order chi connectivity index (χ0) is 14.7. The molecule has 0 bridgehead atoms. The maximum absolute atomic E-state index is 5.47. The third-order valence-corrected chi connectivity index (χ3v) is 5.24. The van der Waals surface area contributed by atoms with Gasteiger partial charge in [0.25, 0.3) is 0 Å². The van der Waals surface area contributed by atoms with E-state index in [1.807, 2.05) is 17.9 Å². The van der Waals surface area contributed by atoms with E-state index in [1.54, 1.807) is 0 Å². The number of aromatic nitrogens is 2. The Morgan fingerprint density at radius 1 is 1.24 bits per heavy atom. The second kappa shape index (κ2) is 6.90. The number of aryl methyl sites for hydroxylation is 1. The van der Waals surface area contributed by atoms with Gasteiger partial charge in [0, 0.05) is 38.9 Å². The molecule has 5 heteroatoms. The zero-order valence-electron chi connectivity index (χ0n) is 13.4. The average Bonchev–Trinajstić information content (AvgIpc) is 2.93. The lowest BCUT2D eigenvalue weighted by Crippen LogP contribution is -2.48. The summed E-state index contributed by atoms with van der Waals surface area (Å²) in [5.41, 5.74) is 1.31. The van der Waals surface area contributed by atoms with E-state index in [0.717, 1.165) is 38.8 Å². The minimum absolute atomic E-state index is 0.702. The lowest BCUT2D eigenvalue weighted by atomic mass is 9.89. The molecule has 1 aromatic rings. The highest BCUT2D eigenvalue weighted by Gasteiger charge is 2.28. The molecule has 2 aliphatic rings. The molecule has 1 aromatic heterocycles. The van der Waals surface area contributed by atoms with E-state index >= 15 is 0 Å². The highest BCUT2D eigenvalue weighted by molar-refractivity contribution is 5.00. The Kier molecular flexibility index (Phi) is 4.93. The molecule has 21 heavy (non-hydrogen) atoms. The van der Waals surface area contributed by atoms with Gasteiger partial charge in [-0.3, -0.25) is 14.5 Å². The van der Waals surface area contributed by atoms with E-state index in [9.17, 15) is 0 Å². The predicted molar refractivity (Wildman–Crippen MR) is 83.1 cm³/mol. The molecule has 2 fully saturated rings. The van der Waals surface area contributed by atoms with Crippen molar-refractivity contribution >= 4 is 0 Å². The molecular formula is C16H28N4O. The SMILES string of the molecule is CC(C1CCN(Cc2ccnn2C)CC1)N1CCOCC1. The van der Waals surface area contributed by atoms with Crippen LogP contribution in [0.4, 0.5) is 0 Å². The Morgan fingerprint density at radius 3 is 2.57 bits per heavy atom. The van der Waals surface area contributed by atoms with Crippen LogP contribution >= 0.6 is 0 Å². The second-order valence-corrected chi connectivity index (χ2v) is 6.45. The van der Waals surface area contributed by atoms with Crippen LogP contribution in [-0.4, -0.2) is 65.0 Å². The molecule has 0 aliphatic carbocycles. The van der Waals surface area contributed by atoms with Crippen LogP contribution in [0.2, 0.25) is 0 Å². The lowest BCUT2D eigenvalue weighted by molar-refractivity contribution is -0.00202. The maximum atomic E-state index is 5.47. The first-order valence-electron chi connectivity index (χ1n) is 8.25. The van der Waals surface area contributed by atoms with E-state index in [2.05, 4.69) is 27.9 Å². The third kappa shape index (κ3) is 3.65. The minimum atomic E-state index is 0.702. The van der Waals surface area contributed by atoms with Crippen molar-refractivity contribution < 1.29 is 4.74 Å². The van der Waals surface area contributed by atoms with E-state index in [-0.39, 0.29) is 0 Å². The molecule has 1 unspecified atom stereocenters. The molecule has 1 atom stereocenters. The van der Waals surface area contributed by atoms with Gasteiger partial charge >= 0.3 is 0 Å². The molecule has 2 saturated heterocycles. The number of rotatable bonds is 4. The summed E-state index contributed by atoms with van der Waals surface area (Å²) in [5, 5.41) is 4.26. The van der Waals surface area contributed by atoms with E-state index in [1.165, 1.54) is 31.6 Å². The van der Waals surface area contributed by atoms with Crippen LogP contribution in [0.5, 0.6) is 0 Å². The molecule has 2 aliphatic heterocycles. The molecule has 0 aromatic carbocycles. The molecule has 3 rings (SSSR count). The first-order chi connectivity index (χ1) is 10.2. The average molecular weight is 292 g/mol. The fourth-order valence-corrected chi connectivity index (χ4v) is 3.66. The summed E-state index contributed by atoms with van der Waals surface area (Å²) >= 11 is 0. The largest absolute Gasteiger partial charge is 0.379 e. The van der Waals surface area contributed by atoms with Crippen molar-refractivity contribution in [2.75, 3.05) is 39.4 Å². The van der Waals surface area contributed by atoms with E-state index < -0.39 is 0 Å². The van der Waals surface area contributed by atoms with Gasteiger partial charge in [0.15, 0.2) is 0 Å². The zero-order valence-corrected chi connectivity index (χ0v) is 13.4. The van der Waals surface area contributed by atoms with Crippen molar-refractivity contribution in [2.45, 2.75) is 32.4 Å². The first-order valence-corrected chi connectivity index (χ1v) is 8.25. The maximum Gasteiger partial charge on any atom is 0.0594 e. The summed E-state index contributed by atoms with van der Waals surface area (Å²) in [6.07, 6.45) is 4.52. The van der Waals surface area contributed by atoms with Gasteiger partial charge in [-0.05, 0) is 44.8 Å². The molecule has 0 N–H and O–H groups in total. The smallest absolute Gasteiger partial charge is 0.0594 e. The standard InChI is InChI=1S/C16H28N4O/c1-14(20-9-11-21-12-10-20)15-4-7-19(8-5-15)13-16-3-6-17-18(16)2/h3,6,14-15H,4-5,7-13H2,1-2H3. The van der Waals surface area contributed by atoms with Crippen molar-refractivity contribution in [3.63, 3.8) is 0 Å². The van der Waals surface area contributed by atoms with Crippen molar-refractivity contribution in [1.82, 2.24) is 19.6 Å². The van der Waals surface area contributed by atoms with Gasteiger partial charge in [0.1, 0.15) is 0 Å². The number of likely N-dealkylation sites (tertiary alicyclic amines) is 1. The van der Waals surface area contributed by atoms with Crippen LogP contribution in [0.1, 0.15) is 25.5 Å². The van der Waals surface area contributed by atoms with Crippen LogP contribution in [-0.2, 0) is 18.3 Å². The number of hydrogen-bond acceptors (Lipinski definition) is 4. The van der Waals surface area contributed by atoms with Crippen molar-refractivity contribution in [3.05, 3.63) is 18.0 Å². The summed E-state index contributed by atoms with van der Waals surface area (Å²) in [5.74, 6) is 0.839. The topological polar surface area (TPSA) is 33.5 Å². The van der Waals surface area contributed by atoms with E-state index in [4.69, 9.17) is 4.74 Å². The van der Waals surface area contributed by atoms with Crippen molar-refractivity contribution in [1.29, 1.82) is 0 Å². The normalized spacial score (nSPS) is 24.3. The fraction of sp³-hybridized carbons (Fsp3) is 0.812. The quantitative estimate of drug-likeness (QED) is 0.839. The van der Waals surface area contributed by atoms with Gasteiger partial charge in [-0.1, -0.05) is 0 Å². The van der Waals surface area contributed by atoms with Gasteiger partial charge in [-0.15, -0.1) is 0 Å². The molecule has 3 heterocycles. The molecular weight excluding hydrogens is 264 g/mol. The summed E-state index contributed by atoms with van der Waals surface area (Å²) in [7, 11) is 2.03. The Bertz CT molecular complexity index is 433.